The van der Waals surface area contributed by atoms with Crippen molar-refractivity contribution in [2.75, 3.05) is 6.54 Å². The molecule has 2 heterocycles. The van der Waals surface area contributed by atoms with Crippen LogP contribution in [0.5, 0.6) is 0 Å². The summed E-state index contributed by atoms with van der Waals surface area (Å²) in [6, 6.07) is 1.94. The SMILES string of the molecule is CCNC(c1ccn(C)n1)c1ncc(C)cn1. The van der Waals surface area contributed by atoms with E-state index in [-0.39, 0.29) is 6.04 Å². The molecule has 1 unspecified atom stereocenters. The van der Waals surface area contributed by atoms with Crippen molar-refractivity contribution in [3.05, 3.63) is 41.7 Å². The quantitative estimate of drug-likeness (QED) is 0.859. The van der Waals surface area contributed by atoms with E-state index in [0.29, 0.717) is 0 Å². The van der Waals surface area contributed by atoms with Gasteiger partial charge in [-0.15, -0.1) is 0 Å². The lowest BCUT2D eigenvalue weighted by molar-refractivity contribution is 0.571. The minimum atomic E-state index is -0.0400. The van der Waals surface area contributed by atoms with Gasteiger partial charge in [0.15, 0.2) is 5.82 Å². The minimum Gasteiger partial charge on any atom is -0.303 e. The molecule has 0 aliphatic rings. The smallest absolute Gasteiger partial charge is 0.151 e. The monoisotopic (exact) mass is 231 g/mol. The Morgan fingerprint density at radius 1 is 1.35 bits per heavy atom. The van der Waals surface area contributed by atoms with Crippen LogP contribution < -0.4 is 5.32 Å². The summed E-state index contributed by atoms with van der Waals surface area (Å²) in [6.45, 7) is 4.88. The van der Waals surface area contributed by atoms with Crippen LogP contribution >= 0.6 is 0 Å². The highest BCUT2D eigenvalue weighted by Crippen LogP contribution is 2.16. The Morgan fingerprint density at radius 3 is 2.59 bits per heavy atom. The minimum absolute atomic E-state index is 0.0400. The van der Waals surface area contributed by atoms with Crippen LogP contribution in [0.25, 0.3) is 0 Å². The summed E-state index contributed by atoms with van der Waals surface area (Å²) in [6.07, 6.45) is 5.58. The normalized spacial score (nSPS) is 12.6. The van der Waals surface area contributed by atoms with Gasteiger partial charge in [0.05, 0.1) is 5.69 Å². The molecule has 0 spiro atoms. The summed E-state index contributed by atoms with van der Waals surface area (Å²) in [7, 11) is 1.91. The molecule has 1 N–H and O–H groups in total. The average molecular weight is 231 g/mol. The van der Waals surface area contributed by atoms with Gasteiger partial charge in [-0.1, -0.05) is 6.92 Å². The topological polar surface area (TPSA) is 55.6 Å². The second-order valence-electron chi connectivity index (χ2n) is 4.02. The molecule has 0 fully saturated rings. The summed E-state index contributed by atoms with van der Waals surface area (Å²) in [5.74, 6) is 0.760. The average Bonchev–Trinajstić information content (AvgIpc) is 2.74. The number of aryl methyl sites for hydroxylation is 2. The standard InChI is InChI=1S/C12H17N5/c1-4-13-11(10-5-6-17(3)16-10)12-14-7-9(2)8-15-12/h5-8,11,13H,4H2,1-3H3. The van der Waals surface area contributed by atoms with E-state index in [2.05, 4.69) is 27.3 Å². The Bertz CT molecular complexity index is 474. The van der Waals surface area contributed by atoms with Gasteiger partial charge in [0, 0.05) is 25.6 Å². The van der Waals surface area contributed by atoms with Crippen LogP contribution in [0.15, 0.2) is 24.7 Å². The molecule has 1 atom stereocenters. The number of hydrogen-bond donors (Lipinski definition) is 1. The van der Waals surface area contributed by atoms with Gasteiger partial charge in [0.1, 0.15) is 6.04 Å². The third-order valence-corrected chi connectivity index (χ3v) is 2.50. The van der Waals surface area contributed by atoms with Crippen molar-refractivity contribution in [2.24, 2.45) is 7.05 Å². The number of hydrogen-bond acceptors (Lipinski definition) is 4. The van der Waals surface area contributed by atoms with Gasteiger partial charge in [-0.25, -0.2) is 9.97 Å². The molecule has 90 valence electrons. The molecule has 0 aliphatic carbocycles. The molecule has 2 aromatic rings. The van der Waals surface area contributed by atoms with E-state index in [4.69, 9.17) is 0 Å². The number of nitrogens with one attached hydrogen (secondary N) is 1. The fourth-order valence-corrected chi connectivity index (χ4v) is 1.67. The summed E-state index contributed by atoms with van der Waals surface area (Å²) >= 11 is 0. The largest absolute Gasteiger partial charge is 0.303 e. The van der Waals surface area contributed by atoms with Crippen LogP contribution in [0.1, 0.15) is 30.0 Å². The van der Waals surface area contributed by atoms with Gasteiger partial charge < -0.3 is 5.32 Å². The lowest BCUT2D eigenvalue weighted by Gasteiger charge is -2.13. The number of nitrogens with zero attached hydrogens (tertiary/aromatic N) is 4. The molecule has 0 amide bonds. The Morgan fingerprint density at radius 2 is 2.06 bits per heavy atom. The molecule has 0 aliphatic heterocycles. The maximum atomic E-state index is 4.40. The van der Waals surface area contributed by atoms with Gasteiger partial charge in [0.2, 0.25) is 0 Å². The molecule has 0 radical (unpaired) electrons. The van der Waals surface area contributed by atoms with Crippen molar-refractivity contribution in [1.29, 1.82) is 0 Å². The summed E-state index contributed by atoms with van der Waals surface area (Å²) in [4.78, 5) is 8.72. The molecule has 0 saturated carbocycles. The zero-order chi connectivity index (χ0) is 12.3. The number of rotatable bonds is 4. The van der Waals surface area contributed by atoms with E-state index in [1.807, 2.05) is 38.6 Å². The van der Waals surface area contributed by atoms with E-state index in [9.17, 15) is 0 Å². The van der Waals surface area contributed by atoms with Gasteiger partial charge in [0.25, 0.3) is 0 Å². The maximum absolute atomic E-state index is 4.40. The van der Waals surface area contributed by atoms with Crippen LogP contribution in [0.3, 0.4) is 0 Å². The van der Waals surface area contributed by atoms with Crippen LogP contribution in [0.2, 0.25) is 0 Å². The highest BCUT2D eigenvalue weighted by molar-refractivity contribution is 5.16. The first-order valence-electron chi connectivity index (χ1n) is 5.72. The van der Waals surface area contributed by atoms with Crippen molar-refractivity contribution in [1.82, 2.24) is 25.1 Å². The fraction of sp³-hybridized carbons (Fsp3) is 0.417. The Kier molecular flexibility index (Phi) is 3.49. The number of aromatic nitrogens is 4. The Balaban J connectivity index is 2.31. The zero-order valence-electron chi connectivity index (χ0n) is 10.4. The maximum Gasteiger partial charge on any atom is 0.151 e. The van der Waals surface area contributed by atoms with Crippen LogP contribution in [0.4, 0.5) is 0 Å². The molecule has 2 rings (SSSR count). The molecule has 0 aromatic carbocycles. The molecule has 5 heteroatoms. The molecule has 0 saturated heterocycles. The van der Waals surface area contributed by atoms with Gasteiger partial charge in [-0.05, 0) is 25.1 Å². The highest BCUT2D eigenvalue weighted by atomic mass is 15.3. The Labute approximate surface area is 101 Å². The first-order chi connectivity index (χ1) is 8.20. The van der Waals surface area contributed by atoms with Gasteiger partial charge in [-0.2, -0.15) is 5.10 Å². The Hall–Kier alpha value is -1.75. The third-order valence-electron chi connectivity index (χ3n) is 2.50. The first-order valence-corrected chi connectivity index (χ1v) is 5.72. The van der Waals surface area contributed by atoms with Crippen LogP contribution in [-0.2, 0) is 7.05 Å². The van der Waals surface area contributed by atoms with Crippen molar-refractivity contribution >= 4 is 0 Å². The van der Waals surface area contributed by atoms with Crippen molar-refractivity contribution < 1.29 is 0 Å². The van der Waals surface area contributed by atoms with Gasteiger partial charge in [-0.3, -0.25) is 4.68 Å². The molecular formula is C12H17N5. The van der Waals surface area contributed by atoms with Crippen molar-refractivity contribution in [2.45, 2.75) is 19.9 Å². The summed E-state index contributed by atoms with van der Waals surface area (Å²) in [5, 5.41) is 7.75. The summed E-state index contributed by atoms with van der Waals surface area (Å²) < 4.78 is 1.79. The van der Waals surface area contributed by atoms with Crippen molar-refractivity contribution in [3.8, 4) is 0 Å². The molecule has 2 aromatic heterocycles. The van der Waals surface area contributed by atoms with E-state index in [1.54, 1.807) is 4.68 Å². The molecule has 5 nitrogen and oxygen atoms in total. The lowest BCUT2D eigenvalue weighted by atomic mass is 10.2. The lowest BCUT2D eigenvalue weighted by Crippen LogP contribution is -2.24. The highest BCUT2D eigenvalue weighted by Gasteiger charge is 2.17. The predicted octanol–water partition coefficient (Wildman–Crippen LogP) is 1.22. The van der Waals surface area contributed by atoms with Crippen LogP contribution in [0, 0.1) is 6.92 Å². The molecule has 17 heavy (non-hydrogen) atoms. The zero-order valence-corrected chi connectivity index (χ0v) is 10.4. The summed E-state index contributed by atoms with van der Waals surface area (Å²) in [5.41, 5.74) is 2.00. The van der Waals surface area contributed by atoms with E-state index in [0.717, 1.165) is 23.6 Å². The molecular weight excluding hydrogens is 214 g/mol. The second kappa shape index (κ2) is 5.05. The van der Waals surface area contributed by atoms with E-state index < -0.39 is 0 Å². The predicted molar refractivity (Wildman–Crippen MR) is 65.5 cm³/mol. The fourth-order valence-electron chi connectivity index (χ4n) is 1.67. The van der Waals surface area contributed by atoms with Crippen LogP contribution in [-0.4, -0.2) is 26.3 Å². The van der Waals surface area contributed by atoms with Crippen molar-refractivity contribution in [3.63, 3.8) is 0 Å². The molecule has 0 bridgehead atoms. The second-order valence-corrected chi connectivity index (χ2v) is 4.02. The third kappa shape index (κ3) is 2.68. The van der Waals surface area contributed by atoms with E-state index in [1.165, 1.54) is 0 Å². The van der Waals surface area contributed by atoms with Gasteiger partial charge >= 0.3 is 0 Å². The first kappa shape index (κ1) is 11.7. The van der Waals surface area contributed by atoms with E-state index >= 15 is 0 Å².